The smallest absolute Gasteiger partial charge is 0.164 e. The lowest BCUT2D eigenvalue weighted by molar-refractivity contribution is 1.02. The summed E-state index contributed by atoms with van der Waals surface area (Å²) in [5.74, 6) is 3.38. The molecule has 0 aliphatic carbocycles. The van der Waals surface area contributed by atoms with E-state index in [2.05, 4.69) is 312 Å². The molecular formula is C86H56N6. The first kappa shape index (κ1) is 53.8. The van der Waals surface area contributed by atoms with Crippen LogP contribution in [-0.2, 0) is 0 Å². The first-order chi connectivity index (χ1) is 45.6. The van der Waals surface area contributed by atoms with Crippen molar-refractivity contribution in [2.24, 2.45) is 0 Å². The number of hydrogen-bond acceptors (Lipinski definition) is 4. The van der Waals surface area contributed by atoms with Crippen LogP contribution in [0.25, 0.3) is 167 Å². The molecule has 92 heavy (non-hydrogen) atoms. The predicted molar refractivity (Wildman–Crippen MR) is 381 cm³/mol. The second-order valence-electron chi connectivity index (χ2n) is 23.3. The molecule has 6 heteroatoms. The van der Waals surface area contributed by atoms with Gasteiger partial charge < -0.3 is 0 Å². The fraction of sp³-hybridized carbons (Fsp3) is 0. The molecule has 4 heterocycles. The Morgan fingerprint density at radius 2 is 0.370 bits per heavy atom. The Hall–Kier alpha value is -12.4. The molecule has 0 N–H and O–H groups in total. The Labute approximate surface area is 533 Å². The van der Waals surface area contributed by atoms with E-state index in [4.69, 9.17) is 19.9 Å². The van der Waals surface area contributed by atoms with Gasteiger partial charge in [-0.15, -0.1) is 0 Å². The molecule has 17 aromatic rings. The van der Waals surface area contributed by atoms with Crippen molar-refractivity contribution in [3.63, 3.8) is 0 Å². The lowest BCUT2D eigenvalue weighted by atomic mass is 9.87. The summed E-state index contributed by atoms with van der Waals surface area (Å²) in [5.41, 5.74) is 22.0. The van der Waals surface area contributed by atoms with E-state index in [1.165, 1.54) is 0 Å². The summed E-state index contributed by atoms with van der Waals surface area (Å²) < 4.78 is 4.87. The van der Waals surface area contributed by atoms with Gasteiger partial charge in [0.05, 0.1) is 22.1 Å². The van der Waals surface area contributed by atoms with E-state index in [-0.39, 0.29) is 0 Å². The first-order valence-corrected chi connectivity index (χ1v) is 31.2. The van der Waals surface area contributed by atoms with Crippen LogP contribution in [0, 0.1) is 0 Å². The molecule has 430 valence electrons. The number of aromatic nitrogens is 6. The summed E-state index contributed by atoms with van der Waals surface area (Å²) in [7, 11) is 0. The number of nitrogens with zero attached hydrogens (tertiary/aromatic N) is 6. The highest BCUT2D eigenvalue weighted by Crippen LogP contribution is 2.50. The van der Waals surface area contributed by atoms with Crippen LogP contribution in [0.5, 0.6) is 0 Å². The molecule has 0 amide bonds. The maximum Gasteiger partial charge on any atom is 0.164 e. The predicted octanol–water partition coefficient (Wildman–Crippen LogP) is 22.1. The molecule has 17 rings (SSSR count). The minimum absolute atomic E-state index is 0.581. The van der Waals surface area contributed by atoms with Gasteiger partial charge in [0.25, 0.3) is 0 Å². The highest BCUT2D eigenvalue weighted by molar-refractivity contribution is 6.15. The molecule has 0 unspecified atom stereocenters. The van der Waals surface area contributed by atoms with Crippen LogP contribution in [-0.4, -0.2) is 29.1 Å². The molecular weight excluding hydrogens is 1120 g/mol. The molecule has 13 aromatic carbocycles. The van der Waals surface area contributed by atoms with Crippen molar-refractivity contribution in [2.75, 3.05) is 0 Å². The van der Waals surface area contributed by atoms with Gasteiger partial charge in [0.2, 0.25) is 0 Å². The van der Waals surface area contributed by atoms with Gasteiger partial charge in [0, 0.05) is 54.9 Å². The van der Waals surface area contributed by atoms with Gasteiger partial charge in [-0.05, 0) is 110 Å². The highest BCUT2D eigenvalue weighted by atomic mass is 15.1. The SMILES string of the molecule is c1ccc(-c2ccc3c(c2)c2cc(-c4ccccc4)ccc2n3-c2nc(-n3c4ccc(-c5ccccc5)cc4c4cc(-c5ccccc5)ccc43)c(-c3ccccc3)c(-c3ccc(-c4nc(-c5ccccc5)nc(-c5ccccc5)n4)cc3)c2-c2ccccc2)cc1. The summed E-state index contributed by atoms with van der Waals surface area (Å²) in [6.07, 6.45) is 0. The van der Waals surface area contributed by atoms with Gasteiger partial charge in [0.1, 0.15) is 11.6 Å². The summed E-state index contributed by atoms with van der Waals surface area (Å²) >= 11 is 0. The zero-order chi connectivity index (χ0) is 60.9. The topological polar surface area (TPSA) is 61.4 Å². The van der Waals surface area contributed by atoms with Crippen molar-refractivity contribution in [1.82, 2.24) is 29.1 Å². The van der Waals surface area contributed by atoms with Crippen LogP contribution in [0.2, 0.25) is 0 Å². The van der Waals surface area contributed by atoms with Crippen LogP contribution in [0.4, 0.5) is 0 Å². The van der Waals surface area contributed by atoms with Crippen molar-refractivity contribution in [2.45, 2.75) is 0 Å². The molecule has 0 saturated heterocycles. The van der Waals surface area contributed by atoms with Gasteiger partial charge in [-0.3, -0.25) is 9.13 Å². The monoisotopic (exact) mass is 1170 g/mol. The number of benzene rings is 13. The van der Waals surface area contributed by atoms with E-state index in [0.29, 0.717) is 17.5 Å². The van der Waals surface area contributed by atoms with Gasteiger partial charge in [0.15, 0.2) is 17.5 Å². The van der Waals surface area contributed by atoms with Gasteiger partial charge in [-0.2, -0.15) is 0 Å². The summed E-state index contributed by atoms with van der Waals surface area (Å²) in [5, 5.41) is 4.50. The van der Waals surface area contributed by atoms with E-state index in [0.717, 1.165) is 150 Å². The molecule has 0 bridgehead atoms. The third kappa shape index (κ3) is 9.62. The minimum atomic E-state index is 0.581. The third-order valence-electron chi connectivity index (χ3n) is 17.8. The second-order valence-corrected chi connectivity index (χ2v) is 23.3. The summed E-state index contributed by atoms with van der Waals surface area (Å²) in [4.78, 5) is 21.8. The van der Waals surface area contributed by atoms with Crippen LogP contribution in [0.15, 0.2) is 340 Å². The number of hydrogen-bond donors (Lipinski definition) is 0. The highest BCUT2D eigenvalue weighted by Gasteiger charge is 2.30. The molecule has 6 nitrogen and oxygen atoms in total. The van der Waals surface area contributed by atoms with E-state index in [9.17, 15) is 0 Å². The Kier molecular flexibility index (Phi) is 13.4. The van der Waals surface area contributed by atoms with E-state index in [1.54, 1.807) is 0 Å². The summed E-state index contributed by atoms with van der Waals surface area (Å²) in [6.45, 7) is 0. The number of rotatable bonds is 12. The maximum absolute atomic E-state index is 6.36. The van der Waals surface area contributed by atoms with Crippen LogP contribution < -0.4 is 0 Å². The third-order valence-corrected chi connectivity index (χ3v) is 17.8. The van der Waals surface area contributed by atoms with E-state index >= 15 is 0 Å². The summed E-state index contributed by atoms with van der Waals surface area (Å²) in [6, 6.07) is 121. The molecule has 0 aliphatic rings. The average Bonchev–Trinajstić information content (AvgIpc) is 1.43. The van der Waals surface area contributed by atoms with Crippen molar-refractivity contribution in [3.8, 4) is 124 Å². The molecule has 0 atom stereocenters. The van der Waals surface area contributed by atoms with E-state index < -0.39 is 0 Å². The molecule has 0 radical (unpaired) electrons. The standard InChI is InChI=1S/C86H56N6/c1-9-25-57(26-10-1)67-45-49-75-71(53-67)72-54-68(58-27-11-2-12-28-58)46-50-76(72)91(75)85-80(61-33-17-5-18-34-61)79(63-41-43-66(44-42-63)84-88-82(64-37-21-7-22-38-64)87-83(89-84)65-39-23-8-24-40-65)81(62-35-19-6-20-36-62)86(90-85)92-77-51-47-69(59-29-13-3-14-30-59)55-73(77)74-56-70(48-52-78(74)92)60-31-15-4-16-32-60/h1-56H. The van der Waals surface area contributed by atoms with Crippen molar-refractivity contribution in [1.29, 1.82) is 0 Å². The van der Waals surface area contributed by atoms with Gasteiger partial charge in [-0.25, -0.2) is 19.9 Å². The van der Waals surface area contributed by atoms with Crippen LogP contribution in [0.1, 0.15) is 0 Å². The van der Waals surface area contributed by atoms with Crippen LogP contribution in [0.3, 0.4) is 0 Å². The second kappa shape index (κ2) is 23.0. The number of pyridine rings is 1. The lowest BCUT2D eigenvalue weighted by Gasteiger charge is -2.25. The maximum atomic E-state index is 6.36. The average molecular weight is 1170 g/mol. The Morgan fingerprint density at radius 1 is 0.163 bits per heavy atom. The zero-order valence-corrected chi connectivity index (χ0v) is 50.0. The first-order valence-electron chi connectivity index (χ1n) is 31.2. The van der Waals surface area contributed by atoms with Crippen molar-refractivity contribution in [3.05, 3.63) is 340 Å². The molecule has 0 aliphatic heterocycles. The Bertz CT molecular complexity index is 5050. The Morgan fingerprint density at radius 3 is 0.641 bits per heavy atom. The molecule has 0 spiro atoms. The van der Waals surface area contributed by atoms with Crippen molar-refractivity contribution < 1.29 is 0 Å². The minimum Gasteiger partial charge on any atom is -0.293 e. The molecule has 4 aromatic heterocycles. The normalized spacial score (nSPS) is 11.5. The lowest BCUT2D eigenvalue weighted by Crippen LogP contribution is -2.10. The van der Waals surface area contributed by atoms with Crippen LogP contribution >= 0.6 is 0 Å². The molecule has 0 fully saturated rings. The molecule has 0 saturated carbocycles. The quantitative estimate of drug-likeness (QED) is 0.122. The van der Waals surface area contributed by atoms with Crippen molar-refractivity contribution >= 4 is 43.6 Å². The fourth-order valence-corrected chi connectivity index (χ4v) is 13.4. The largest absolute Gasteiger partial charge is 0.293 e. The van der Waals surface area contributed by atoms with Gasteiger partial charge in [-0.1, -0.05) is 291 Å². The zero-order valence-electron chi connectivity index (χ0n) is 50.0. The van der Waals surface area contributed by atoms with E-state index in [1.807, 2.05) is 36.4 Å². The fourth-order valence-electron chi connectivity index (χ4n) is 13.4. The van der Waals surface area contributed by atoms with Gasteiger partial charge >= 0.3 is 0 Å². The Balaban J connectivity index is 1.01. The number of fused-ring (bicyclic) bond motifs is 6.